The molecule has 0 radical (unpaired) electrons. The molecular weight excluding hydrogens is 430 g/mol. The smallest absolute Gasteiger partial charge is 0.269 e. The van der Waals surface area contributed by atoms with Crippen LogP contribution in [0.15, 0.2) is 42.7 Å². The number of amides is 1. The van der Waals surface area contributed by atoms with Gasteiger partial charge in [-0.15, -0.1) is 0 Å². The first kappa shape index (κ1) is 22.1. The van der Waals surface area contributed by atoms with Gasteiger partial charge in [-0.2, -0.15) is 5.10 Å². The van der Waals surface area contributed by atoms with E-state index in [0.717, 1.165) is 32.4 Å². The van der Waals surface area contributed by atoms with Crippen molar-refractivity contribution in [2.45, 2.75) is 38.5 Å². The maximum absolute atomic E-state index is 11.1. The predicted octanol–water partition coefficient (Wildman–Crippen LogP) is 1.16. The first-order valence-corrected chi connectivity index (χ1v) is 11.4. The average molecular weight is 458 g/mol. The number of carbonyl (C=O) groups excluding carboxylic acids is 1. The Bertz CT molecular complexity index is 1280. The van der Waals surface area contributed by atoms with Gasteiger partial charge in [-0.05, 0) is 47.8 Å². The third-order valence-corrected chi connectivity index (χ3v) is 6.97. The Morgan fingerprint density at radius 1 is 1.24 bits per heavy atom. The van der Waals surface area contributed by atoms with E-state index in [1.807, 2.05) is 0 Å². The number of anilines is 1. The van der Waals surface area contributed by atoms with Crippen LogP contribution >= 0.6 is 0 Å². The Balaban J connectivity index is 1.26. The molecule has 2 aliphatic rings. The predicted molar refractivity (Wildman–Crippen MR) is 127 cm³/mol. The van der Waals surface area contributed by atoms with Gasteiger partial charge in [0.15, 0.2) is 5.82 Å². The summed E-state index contributed by atoms with van der Waals surface area (Å²) in [5.74, 6) is 6.02. The van der Waals surface area contributed by atoms with Crippen LogP contribution in [0, 0.1) is 17.3 Å². The van der Waals surface area contributed by atoms with Gasteiger partial charge in [0.1, 0.15) is 23.6 Å². The van der Waals surface area contributed by atoms with Crippen LogP contribution in [0.3, 0.4) is 0 Å². The Morgan fingerprint density at radius 3 is 2.74 bits per heavy atom. The number of carbonyl (C=O) groups is 1. The van der Waals surface area contributed by atoms with Crippen molar-refractivity contribution in [2.75, 3.05) is 18.0 Å². The number of aliphatic hydroxyl groups is 1. The molecule has 3 heterocycles. The fourth-order valence-electron chi connectivity index (χ4n) is 5.11. The van der Waals surface area contributed by atoms with Crippen LogP contribution in [0.2, 0.25) is 0 Å². The van der Waals surface area contributed by atoms with Crippen molar-refractivity contribution in [1.29, 1.82) is 0 Å². The van der Waals surface area contributed by atoms with Gasteiger partial charge in [0, 0.05) is 25.3 Å². The number of hydrogen-bond acceptors (Lipinski definition) is 7. The molecule has 5 rings (SSSR count). The molecule has 1 spiro atoms. The number of hydrogen-bond donors (Lipinski definition) is 3. The zero-order valence-corrected chi connectivity index (χ0v) is 18.8. The maximum Gasteiger partial charge on any atom is 0.269 e. The highest BCUT2D eigenvalue weighted by atomic mass is 16.3. The number of primary amides is 1. The van der Waals surface area contributed by atoms with Gasteiger partial charge in [0.25, 0.3) is 5.91 Å². The van der Waals surface area contributed by atoms with Gasteiger partial charge in [-0.25, -0.2) is 9.97 Å². The lowest BCUT2D eigenvalue weighted by atomic mass is 9.73. The molecule has 1 aliphatic carbocycles. The van der Waals surface area contributed by atoms with E-state index in [1.165, 1.54) is 15.8 Å². The second-order valence-corrected chi connectivity index (χ2v) is 8.95. The van der Waals surface area contributed by atoms with Crippen LogP contribution in [-0.2, 0) is 19.6 Å². The normalized spacial score (nSPS) is 18.4. The van der Waals surface area contributed by atoms with Gasteiger partial charge in [0.2, 0.25) is 0 Å². The van der Waals surface area contributed by atoms with Crippen molar-refractivity contribution in [3.63, 3.8) is 0 Å². The van der Waals surface area contributed by atoms with E-state index in [9.17, 15) is 9.90 Å². The van der Waals surface area contributed by atoms with E-state index in [4.69, 9.17) is 11.5 Å². The van der Waals surface area contributed by atoms with Crippen molar-refractivity contribution in [2.24, 2.45) is 16.9 Å². The van der Waals surface area contributed by atoms with E-state index in [-0.39, 0.29) is 30.3 Å². The monoisotopic (exact) mass is 457 g/mol. The van der Waals surface area contributed by atoms with E-state index in [0.29, 0.717) is 17.2 Å². The number of aliphatic hydroxyl groups excluding tert-OH is 1. The minimum atomic E-state index is -0.580. The largest absolute Gasteiger partial charge is 0.390 e. The number of fused-ring (bicyclic) bond motifs is 1. The summed E-state index contributed by atoms with van der Waals surface area (Å²) < 4.78 is 1.53. The number of aromatic nitrogens is 4. The molecule has 9 heteroatoms. The fourth-order valence-corrected chi connectivity index (χ4v) is 5.11. The van der Waals surface area contributed by atoms with E-state index in [1.54, 1.807) is 18.5 Å². The van der Waals surface area contributed by atoms with Gasteiger partial charge >= 0.3 is 0 Å². The third kappa shape index (κ3) is 4.02. The lowest BCUT2D eigenvalue weighted by Gasteiger charge is -2.42. The Hall–Kier alpha value is -3.74. The Kier molecular flexibility index (Phi) is 5.77. The summed E-state index contributed by atoms with van der Waals surface area (Å²) in [5.41, 5.74) is 15.8. The van der Waals surface area contributed by atoms with Crippen molar-refractivity contribution in [1.82, 2.24) is 19.7 Å². The Labute approximate surface area is 197 Å². The SMILES string of the molecule is NC(=O)c1ccn(CC#Cc2cnc(N3CCC4(CC3)Cc3ccccc3[C@H]4N)c(CO)n2)n1. The molecule has 5 N–H and O–H groups in total. The highest BCUT2D eigenvalue weighted by Gasteiger charge is 2.46. The highest BCUT2D eigenvalue weighted by molar-refractivity contribution is 5.90. The zero-order chi connectivity index (χ0) is 23.7. The second kappa shape index (κ2) is 8.89. The molecule has 3 aromatic rings. The van der Waals surface area contributed by atoms with Crippen LogP contribution in [0.4, 0.5) is 5.82 Å². The van der Waals surface area contributed by atoms with E-state index in [2.05, 4.69) is 56.1 Å². The molecule has 174 valence electrons. The molecule has 34 heavy (non-hydrogen) atoms. The topological polar surface area (TPSA) is 136 Å². The summed E-state index contributed by atoms with van der Waals surface area (Å²) in [4.78, 5) is 22.4. The molecule has 1 saturated heterocycles. The maximum atomic E-state index is 11.1. The fraction of sp³-hybridized carbons (Fsp3) is 0.360. The van der Waals surface area contributed by atoms with Crippen LogP contribution < -0.4 is 16.4 Å². The molecule has 1 atom stereocenters. The van der Waals surface area contributed by atoms with Crippen molar-refractivity contribution in [3.05, 3.63) is 70.9 Å². The molecule has 1 fully saturated rings. The minimum absolute atomic E-state index is 0.0562. The number of nitrogens with zero attached hydrogens (tertiary/aromatic N) is 5. The third-order valence-electron chi connectivity index (χ3n) is 6.97. The highest BCUT2D eigenvalue weighted by Crippen LogP contribution is 2.50. The number of piperidine rings is 1. The van der Waals surface area contributed by atoms with Gasteiger partial charge in [-0.3, -0.25) is 9.48 Å². The first-order valence-electron chi connectivity index (χ1n) is 11.4. The zero-order valence-electron chi connectivity index (χ0n) is 18.8. The number of nitrogens with two attached hydrogens (primary N) is 2. The summed E-state index contributed by atoms with van der Waals surface area (Å²) in [6.45, 7) is 1.69. The van der Waals surface area contributed by atoms with E-state index >= 15 is 0 Å². The lowest BCUT2D eigenvalue weighted by Crippen LogP contribution is -2.45. The summed E-state index contributed by atoms with van der Waals surface area (Å²) in [6.07, 6.45) is 6.21. The quantitative estimate of drug-likeness (QED) is 0.500. The van der Waals surface area contributed by atoms with Crippen molar-refractivity contribution < 1.29 is 9.90 Å². The first-order chi connectivity index (χ1) is 16.5. The molecule has 0 unspecified atom stereocenters. The molecule has 1 aromatic carbocycles. The van der Waals surface area contributed by atoms with Gasteiger partial charge in [0.05, 0.1) is 12.8 Å². The second-order valence-electron chi connectivity index (χ2n) is 8.95. The summed E-state index contributed by atoms with van der Waals surface area (Å²) >= 11 is 0. The molecule has 1 amide bonds. The lowest BCUT2D eigenvalue weighted by molar-refractivity contribution is 0.0995. The van der Waals surface area contributed by atoms with Crippen LogP contribution in [0.5, 0.6) is 0 Å². The standard InChI is InChI=1S/C25H27N7O2/c26-22-19-6-2-1-4-17(19)14-25(22)8-12-31(13-9-25)24-21(16-33)29-18(15-28-24)5-3-10-32-11-7-20(30-32)23(27)34/h1-2,4,6-7,11,15,22,33H,8-10,12-14,16,26H2,(H2,27,34)/t22-/m1/s1. The summed E-state index contributed by atoms with van der Waals surface area (Å²) in [6, 6.07) is 10.1. The summed E-state index contributed by atoms with van der Waals surface area (Å²) in [5, 5.41) is 14.0. The van der Waals surface area contributed by atoms with Gasteiger partial charge in [-0.1, -0.05) is 30.2 Å². The van der Waals surface area contributed by atoms with Crippen molar-refractivity contribution >= 4 is 11.7 Å². The molecule has 0 saturated carbocycles. The van der Waals surface area contributed by atoms with E-state index < -0.39 is 5.91 Å². The van der Waals surface area contributed by atoms with Crippen molar-refractivity contribution in [3.8, 4) is 11.8 Å². The molecule has 1 aliphatic heterocycles. The molecule has 0 bridgehead atoms. The van der Waals surface area contributed by atoms with Crippen LogP contribution in [0.1, 0.15) is 51.9 Å². The number of rotatable bonds is 4. The molecule has 9 nitrogen and oxygen atoms in total. The number of benzene rings is 1. The Morgan fingerprint density at radius 2 is 2.03 bits per heavy atom. The van der Waals surface area contributed by atoms with Crippen LogP contribution in [0.25, 0.3) is 0 Å². The minimum Gasteiger partial charge on any atom is -0.390 e. The molecule has 2 aromatic heterocycles. The average Bonchev–Trinajstić information content (AvgIpc) is 3.43. The summed E-state index contributed by atoms with van der Waals surface area (Å²) in [7, 11) is 0. The molecular formula is C25H27N7O2. The van der Waals surface area contributed by atoms with Gasteiger partial charge < -0.3 is 21.5 Å². The van der Waals surface area contributed by atoms with Crippen LogP contribution in [-0.4, -0.2) is 43.9 Å².